The standard InChI is InChI=1S/C44H84N2O8P/c1-6-8-10-12-14-16-18-20-21-23-25-27-29-31-33-35-44-42-40(54(42)44)41(52-55(48,49)51-37-36-46(3,4)5)43(45,53-44)38-50-39(47)34-32-30-28-26-24-22-19-17-15-13-11-9-7-2/h20-21,40-42H,6-19,22-38,45H2,1-5H3/q+1/p+1/b21-20-/t40-,41-,42-,43-,44-/m1/s1. The monoisotopic (exact) mass is 801 g/mol. The summed E-state index contributed by atoms with van der Waals surface area (Å²) in [4.78, 5) is 23.5. The third-order valence-corrected chi connectivity index (χ3v) is 12.7. The van der Waals surface area contributed by atoms with Crippen molar-refractivity contribution in [2.75, 3.05) is 40.9 Å². The Hall–Kier alpha value is -0.840. The van der Waals surface area contributed by atoms with Gasteiger partial charge in [-0.25, -0.2) is 4.57 Å². The Morgan fingerprint density at radius 2 is 1.22 bits per heavy atom. The minimum Gasteiger partial charge on any atom is -0.461 e. The molecular formula is C44H85N2O8P+2. The maximum Gasteiger partial charge on any atom is 0.473 e. The first-order valence-electron chi connectivity index (χ1n) is 22.9. The van der Waals surface area contributed by atoms with Crippen LogP contribution < -0.4 is 5.73 Å². The number of hydrogen-bond donors (Lipinski definition) is 2. The molecule has 0 aromatic heterocycles. The number of unbranched alkanes of at least 4 members (excludes halogenated alkanes) is 23. The van der Waals surface area contributed by atoms with Gasteiger partial charge in [0.2, 0.25) is 0 Å². The molecule has 1 unspecified atom stereocenters. The molecule has 0 spiro atoms. The predicted molar refractivity (Wildman–Crippen MR) is 224 cm³/mol. The summed E-state index contributed by atoms with van der Waals surface area (Å²) >= 11 is 0. The molecule has 322 valence electrons. The van der Waals surface area contributed by atoms with Gasteiger partial charge in [-0.3, -0.25) is 24.3 Å². The minimum atomic E-state index is -4.45. The number of fused-ring (bicyclic) bond motifs is 2. The Bertz CT molecular complexity index is 1120. The van der Waals surface area contributed by atoms with Crippen molar-refractivity contribution in [3.05, 3.63) is 12.2 Å². The molecule has 11 heteroatoms. The SMILES string of the molecule is CCCCCCCC/C=C\CCCCCCC[C@]12O[C@](N)(COC(=O)CCCCCCCCCCCCCCC)[C@H](OP(=O)(O)OCC[N+](C)(C)C)[C@@H]3[C@H]1[O+]32. The molecule has 6 atom stereocenters. The van der Waals surface area contributed by atoms with E-state index in [1.165, 1.54) is 128 Å². The number of esters is 1. The van der Waals surface area contributed by atoms with Crippen molar-refractivity contribution in [3.8, 4) is 0 Å². The number of epoxide rings is 2. The van der Waals surface area contributed by atoms with Crippen molar-refractivity contribution in [2.45, 2.75) is 223 Å². The molecule has 3 aliphatic rings. The highest BCUT2D eigenvalue weighted by Crippen LogP contribution is 2.76. The topological polar surface area (TPSA) is 120 Å². The number of phosphoric ester groups is 1. The average molecular weight is 801 g/mol. The highest BCUT2D eigenvalue weighted by molar-refractivity contribution is 7.47. The molecule has 3 rings (SSSR count). The van der Waals surface area contributed by atoms with E-state index in [0.29, 0.717) is 17.4 Å². The molecule has 0 aromatic rings. The Morgan fingerprint density at radius 3 is 1.71 bits per heavy atom. The van der Waals surface area contributed by atoms with E-state index in [1.54, 1.807) is 0 Å². The van der Waals surface area contributed by atoms with Gasteiger partial charge in [0.1, 0.15) is 19.8 Å². The summed E-state index contributed by atoms with van der Waals surface area (Å²) in [7, 11) is 1.50. The summed E-state index contributed by atoms with van der Waals surface area (Å²) in [6.45, 7) is 4.88. The Morgan fingerprint density at radius 1 is 0.764 bits per heavy atom. The number of rotatable bonds is 37. The number of likely N-dealkylation sites (N-methyl/N-ethyl adjacent to an activating group) is 1. The lowest BCUT2D eigenvalue weighted by molar-refractivity contribution is -0.870. The third-order valence-electron chi connectivity index (χ3n) is 11.7. The van der Waals surface area contributed by atoms with E-state index in [0.717, 1.165) is 44.9 Å². The second-order valence-corrected chi connectivity index (χ2v) is 19.4. The van der Waals surface area contributed by atoms with Crippen LogP contribution in [0.5, 0.6) is 0 Å². The van der Waals surface area contributed by atoms with Crippen LogP contribution in [0.25, 0.3) is 0 Å². The summed E-state index contributed by atoms with van der Waals surface area (Å²) in [6.07, 6.45) is 36.9. The Kier molecular flexibility index (Phi) is 22.6. The third kappa shape index (κ3) is 18.3. The van der Waals surface area contributed by atoms with Gasteiger partial charge in [0.25, 0.3) is 6.10 Å². The second kappa shape index (κ2) is 25.6. The highest BCUT2D eigenvalue weighted by Gasteiger charge is 3.04. The van der Waals surface area contributed by atoms with Gasteiger partial charge < -0.3 is 18.5 Å². The van der Waals surface area contributed by atoms with Crippen LogP contribution in [0.15, 0.2) is 12.2 Å². The van der Waals surface area contributed by atoms with E-state index >= 15 is 0 Å². The summed E-state index contributed by atoms with van der Waals surface area (Å²) in [6, 6.07) is 0. The largest absolute Gasteiger partial charge is 0.473 e. The van der Waals surface area contributed by atoms with Gasteiger partial charge in [-0.05, 0) is 38.5 Å². The highest BCUT2D eigenvalue weighted by atomic mass is 31.2. The first kappa shape index (κ1) is 48.5. The first-order valence-corrected chi connectivity index (χ1v) is 24.4. The van der Waals surface area contributed by atoms with Crippen LogP contribution in [0, 0.1) is 0 Å². The van der Waals surface area contributed by atoms with Gasteiger partial charge in [0.05, 0.1) is 27.6 Å². The van der Waals surface area contributed by atoms with Crippen molar-refractivity contribution in [1.29, 1.82) is 0 Å². The summed E-state index contributed by atoms with van der Waals surface area (Å²) < 4.78 is 40.1. The van der Waals surface area contributed by atoms with Gasteiger partial charge in [0, 0.05) is 6.42 Å². The summed E-state index contributed by atoms with van der Waals surface area (Å²) in [5.41, 5.74) is 5.29. The van der Waals surface area contributed by atoms with Crippen LogP contribution in [-0.2, 0) is 32.2 Å². The molecule has 3 saturated heterocycles. The number of quaternary nitrogens is 1. The van der Waals surface area contributed by atoms with E-state index < -0.39 is 25.4 Å². The van der Waals surface area contributed by atoms with Gasteiger partial charge >= 0.3 is 25.7 Å². The smallest absolute Gasteiger partial charge is 0.461 e. The van der Waals surface area contributed by atoms with E-state index in [2.05, 4.69) is 30.4 Å². The number of ether oxygens (including phenoxy) is 2. The fourth-order valence-electron chi connectivity index (χ4n) is 8.18. The lowest BCUT2D eigenvalue weighted by Gasteiger charge is -2.42. The van der Waals surface area contributed by atoms with Crippen molar-refractivity contribution < 1.29 is 41.6 Å². The number of phosphoric acid groups is 1. The molecule has 0 amide bonds. The van der Waals surface area contributed by atoms with Gasteiger partial charge in [-0.1, -0.05) is 154 Å². The molecule has 3 N–H and O–H groups in total. The van der Waals surface area contributed by atoms with Crippen LogP contribution in [-0.4, -0.2) is 86.1 Å². The molecule has 0 saturated carbocycles. The van der Waals surface area contributed by atoms with Crippen LogP contribution in [0.3, 0.4) is 0 Å². The fraction of sp³-hybridized carbons (Fsp3) is 0.932. The summed E-state index contributed by atoms with van der Waals surface area (Å²) in [5.74, 6) is -0.906. The van der Waals surface area contributed by atoms with Crippen LogP contribution in [0.2, 0.25) is 0 Å². The van der Waals surface area contributed by atoms with Crippen LogP contribution >= 0.6 is 7.82 Å². The van der Waals surface area contributed by atoms with Crippen LogP contribution in [0.1, 0.15) is 194 Å². The maximum absolute atomic E-state index is 13.1. The normalized spacial score (nSPS) is 25.6. The second-order valence-electron chi connectivity index (χ2n) is 18.0. The zero-order chi connectivity index (χ0) is 40.0. The van der Waals surface area contributed by atoms with E-state index in [1.807, 2.05) is 21.1 Å². The lowest BCUT2D eigenvalue weighted by atomic mass is 9.91. The number of carbonyl (C=O) groups excluding carboxylic acids is 1. The fourth-order valence-corrected chi connectivity index (χ4v) is 9.14. The van der Waals surface area contributed by atoms with Gasteiger partial charge in [-0.2, -0.15) is 0 Å². The predicted octanol–water partition coefficient (Wildman–Crippen LogP) is 11.0. The zero-order valence-electron chi connectivity index (χ0n) is 36.1. The maximum atomic E-state index is 13.1. The number of nitrogens with zero attached hydrogens (tertiary/aromatic N) is 1. The molecule has 0 bridgehead atoms. The van der Waals surface area contributed by atoms with E-state index in [4.69, 9.17) is 24.3 Å². The van der Waals surface area contributed by atoms with Gasteiger partial charge in [-0.15, -0.1) is 0 Å². The minimum absolute atomic E-state index is 0.0266. The molecule has 55 heavy (non-hydrogen) atoms. The molecular weight excluding hydrogens is 715 g/mol. The van der Waals surface area contributed by atoms with E-state index in [9.17, 15) is 14.3 Å². The van der Waals surface area contributed by atoms with Crippen molar-refractivity contribution in [1.82, 2.24) is 0 Å². The quantitative estimate of drug-likeness (QED) is 0.0121. The van der Waals surface area contributed by atoms with Crippen molar-refractivity contribution >= 4 is 13.8 Å². The van der Waals surface area contributed by atoms with E-state index in [-0.39, 0.29) is 31.4 Å². The first-order chi connectivity index (χ1) is 26.4. The zero-order valence-corrected chi connectivity index (χ0v) is 37.0. The molecule has 0 radical (unpaired) electrons. The molecule has 0 aromatic carbocycles. The van der Waals surface area contributed by atoms with Crippen molar-refractivity contribution in [2.24, 2.45) is 5.73 Å². The van der Waals surface area contributed by atoms with Crippen molar-refractivity contribution in [3.63, 3.8) is 0 Å². The molecule has 0 aliphatic carbocycles. The molecule has 10 nitrogen and oxygen atoms in total. The molecule has 3 heterocycles. The molecule has 3 aliphatic heterocycles. The lowest BCUT2D eigenvalue weighted by Crippen LogP contribution is -2.69. The van der Waals surface area contributed by atoms with Gasteiger partial charge in [0.15, 0.2) is 11.8 Å². The Labute approximate surface area is 336 Å². The Balaban J connectivity index is 1.36. The number of allylic oxidation sites excluding steroid dienone is 2. The average Bonchev–Trinajstić information content (AvgIpc) is 4.04. The number of nitrogens with two attached hydrogens (primary N) is 1. The number of carbonyl (C=O) groups is 1. The number of hydrogen-bond acceptors (Lipinski definition) is 7. The molecule has 3 fully saturated rings. The van der Waals surface area contributed by atoms with Crippen LogP contribution in [0.4, 0.5) is 0 Å². The summed E-state index contributed by atoms with van der Waals surface area (Å²) in [5, 5.41) is 0.